The molecule has 0 saturated heterocycles. The first-order valence-electron chi connectivity index (χ1n) is 6.56. The molecular weight excluding hydrogens is 305 g/mol. The predicted octanol–water partition coefficient (Wildman–Crippen LogP) is 5.19. The first kappa shape index (κ1) is 16.9. The van der Waals surface area contributed by atoms with Crippen molar-refractivity contribution in [3.8, 4) is 5.75 Å². The standard InChI is InChI=1S/C14H20Cl3NO/c1-3-6-18-7-4-5-10(2)19-14-9-12(16)11(15)8-13(14)17/h8-10,18H,3-7H2,1-2H3. The quantitative estimate of drug-likeness (QED) is 0.524. The van der Waals surface area contributed by atoms with Gasteiger partial charge in [-0.25, -0.2) is 0 Å². The maximum absolute atomic E-state index is 6.07. The van der Waals surface area contributed by atoms with Crippen LogP contribution in [-0.2, 0) is 0 Å². The van der Waals surface area contributed by atoms with Gasteiger partial charge < -0.3 is 10.1 Å². The Kier molecular flexibility index (Phi) is 7.93. The van der Waals surface area contributed by atoms with Gasteiger partial charge in [-0.3, -0.25) is 0 Å². The Balaban J connectivity index is 2.40. The molecule has 0 aromatic heterocycles. The molecule has 1 N–H and O–H groups in total. The van der Waals surface area contributed by atoms with Crippen molar-refractivity contribution < 1.29 is 4.74 Å². The number of benzene rings is 1. The number of rotatable bonds is 8. The minimum Gasteiger partial charge on any atom is -0.489 e. The maximum Gasteiger partial charge on any atom is 0.139 e. The summed E-state index contributed by atoms with van der Waals surface area (Å²) in [6.45, 7) is 6.26. The van der Waals surface area contributed by atoms with Crippen LogP contribution < -0.4 is 10.1 Å². The van der Waals surface area contributed by atoms with E-state index < -0.39 is 0 Å². The second-order valence-corrected chi connectivity index (χ2v) is 5.74. The highest BCUT2D eigenvalue weighted by Gasteiger charge is 2.10. The molecule has 1 aromatic carbocycles. The molecule has 2 nitrogen and oxygen atoms in total. The molecule has 1 rings (SSSR count). The van der Waals surface area contributed by atoms with Gasteiger partial charge in [0, 0.05) is 6.07 Å². The molecule has 1 atom stereocenters. The van der Waals surface area contributed by atoms with E-state index in [0.717, 1.165) is 32.4 Å². The normalized spacial score (nSPS) is 12.5. The Morgan fingerprint density at radius 2 is 1.79 bits per heavy atom. The zero-order valence-electron chi connectivity index (χ0n) is 11.3. The van der Waals surface area contributed by atoms with E-state index >= 15 is 0 Å². The van der Waals surface area contributed by atoms with Gasteiger partial charge in [-0.05, 0) is 45.3 Å². The van der Waals surface area contributed by atoms with Crippen molar-refractivity contribution in [3.63, 3.8) is 0 Å². The number of hydrogen-bond acceptors (Lipinski definition) is 2. The SMILES string of the molecule is CCCNCCCC(C)Oc1cc(Cl)c(Cl)cc1Cl. The van der Waals surface area contributed by atoms with Crippen LogP contribution in [0.25, 0.3) is 0 Å². The van der Waals surface area contributed by atoms with Crippen LogP contribution in [0.1, 0.15) is 33.1 Å². The smallest absolute Gasteiger partial charge is 0.139 e. The molecule has 0 spiro atoms. The lowest BCUT2D eigenvalue weighted by molar-refractivity contribution is 0.207. The highest BCUT2D eigenvalue weighted by atomic mass is 35.5. The maximum atomic E-state index is 6.07. The molecular formula is C14H20Cl3NO. The summed E-state index contributed by atoms with van der Waals surface area (Å²) in [6, 6.07) is 3.27. The second-order valence-electron chi connectivity index (χ2n) is 4.52. The summed E-state index contributed by atoms with van der Waals surface area (Å²) in [5.41, 5.74) is 0. The molecule has 0 heterocycles. The van der Waals surface area contributed by atoms with Crippen LogP contribution in [0.3, 0.4) is 0 Å². The second kappa shape index (κ2) is 8.91. The fourth-order valence-electron chi connectivity index (χ4n) is 1.69. The van der Waals surface area contributed by atoms with E-state index in [1.54, 1.807) is 12.1 Å². The van der Waals surface area contributed by atoms with E-state index in [2.05, 4.69) is 12.2 Å². The molecule has 0 aliphatic heterocycles. The largest absolute Gasteiger partial charge is 0.489 e. The monoisotopic (exact) mass is 323 g/mol. The highest BCUT2D eigenvalue weighted by Crippen LogP contribution is 2.34. The van der Waals surface area contributed by atoms with Crippen molar-refractivity contribution in [2.45, 2.75) is 39.2 Å². The zero-order chi connectivity index (χ0) is 14.3. The molecule has 108 valence electrons. The Morgan fingerprint density at radius 3 is 2.47 bits per heavy atom. The minimum absolute atomic E-state index is 0.0955. The summed E-state index contributed by atoms with van der Waals surface area (Å²) in [7, 11) is 0. The highest BCUT2D eigenvalue weighted by molar-refractivity contribution is 6.43. The van der Waals surface area contributed by atoms with E-state index in [1.165, 1.54) is 0 Å². The van der Waals surface area contributed by atoms with Crippen LogP contribution in [0, 0.1) is 0 Å². The van der Waals surface area contributed by atoms with Gasteiger partial charge in [0.2, 0.25) is 0 Å². The van der Waals surface area contributed by atoms with Crippen LogP contribution in [-0.4, -0.2) is 19.2 Å². The van der Waals surface area contributed by atoms with E-state index in [4.69, 9.17) is 39.5 Å². The Morgan fingerprint density at radius 1 is 1.11 bits per heavy atom. The van der Waals surface area contributed by atoms with Gasteiger partial charge in [-0.2, -0.15) is 0 Å². The number of hydrogen-bond donors (Lipinski definition) is 1. The molecule has 0 fully saturated rings. The fourth-order valence-corrected chi connectivity index (χ4v) is 2.27. The first-order valence-corrected chi connectivity index (χ1v) is 7.70. The van der Waals surface area contributed by atoms with Gasteiger partial charge in [0.05, 0.1) is 21.2 Å². The number of nitrogens with one attached hydrogen (secondary N) is 1. The van der Waals surface area contributed by atoms with Crippen molar-refractivity contribution in [1.82, 2.24) is 5.32 Å². The Bertz CT molecular complexity index is 399. The molecule has 19 heavy (non-hydrogen) atoms. The summed E-state index contributed by atoms with van der Waals surface area (Å²) in [4.78, 5) is 0. The molecule has 0 amide bonds. The van der Waals surface area contributed by atoms with Crippen molar-refractivity contribution >= 4 is 34.8 Å². The fraction of sp³-hybridized carbons (Fsp3) is 0.571. The minimum atomic E-state index is 0.0955. The molecule has 0 radical (unpaired) electrons. The van der Waals surface area contributed by atoms with Gasteiger partial charge in [-0.15, -0.1) is 0 Å². The molecule has 1 aromatic rings. The molecule has 0 saturated carbocycles. The van der Waals surface area contributed by atoms with E-state index in [0.29, 0.717) is 20.8 Å². The van der Waals surface area contributed by atoms with Gasteiger partial charge in [0.25, 0.3) is 0 Å². The molecule has 5 heteroatoms. The molecule has 0 aliphatic carbocycles. The van der Waals surface area contributed by atoms with Crippen LogP contribution in [0.5, 0.6) is 5.75 Å². The van der Waals surface area contributed by atoms with Crippen LogP contribution in [0.4, 0.5) is 0 Å². The Labute approximate surface area is 130 Å². The van der Waals surface area contributed by atoms with Gasteiger partial charge in [0.15, 0.2) is 0 Å². The van der Waals surface area contributed by atoms with Crippen molar-refractivity contribution in [3.05, 3.63) is 27.2 Å². The summed E-state index contributed by atoms with van der Waals surface area (Å²) in [5, 5.41) is 4.75. The average Bonchev–Trinajstić information content (AvgIpc) is 2.35. The zero-order valence-corrected chi connectivity index (χ0v) is 13.6. The molecule has 0 bridgehead atoms. The molecule has 0 aliphatic rings. The lowest BCUT2D eigenvalue weighted by Gasteiger charge is -2.16. The van der Waals surface area contributed by atoms with E-state index in [-0.39, 0.29) is 6.10 Å². The predicted molar refractivity (Wildman–Crippen MR) is 84.0 cm³/mol. The third-order valence-corrected chi connectivity index (χ3v) is 3.71. The van der Waals surface area contributed by atoms with Crippen molar-refractivity contribution in [2.75, 3.05) is 13.1 Å². The molecule has 1 unspecified atom stereocenters. The van der Waals surface area contributed by atoms with Gasteiger partial charge in [-0.1, -0.05) is 41.7 Å². The topological polar surface area (TPSA) is 21.3 Å². The average molecular weight is 325 g/mol. The van der Waals surface area contributed by atoms with Crippen LogP contribution in [0.2, 0.25) is 15.1 Å². The third kappa shape index (κ3) is 6.22. The van der Waals surface area contributed by atoms with Crippen LogP contribution >= 0.6 is 34.8 Å². The van der Waals surface area contributed by atoms with Crippen LogP contribution in [0.15, 0.2) is 12.1 Å². The van der Waals surface area contributed by atoms with Crippen molar-refractivity contribution in [1.29, 1.82) is 0 Å². The third-order valence-electron chi connectivity index (χ3n) is 2.69. The lowest BCUT2D eigenvalue weighted by atomic mass is 10.2. The summed E-state index contributed by atoms with van der Waals surface area (Å²) < 4.78 is 5.78. The summed E-state index contributed by atoms with van der Waals surface area (Å²) in [6.07, 6.45) is 3.29. The lowest BCUT2D eigenvalue weighted by Crippen LogP contribution is -2.19. The number of halogens is 3. The van der Waals surface area contributed by atoms with E-state index in [1.807, 2.05) is 6.92 Å². The van der Waals surface area contributed by atoms with Gasteiger partial charge in [0.1, 0.15) is 5.75 Å². The van der Waals surface area contributed by atoms with Crippen molar-refractivity contribution in [2.24, 2.45) is 0 Å². The van der Waals surface area contributed by atoms with E-state index in [9.17, 15) is 0 Å². The summed E-state index contributed by atoms with van der Waals surface area (Å²) >= 11 is 17.9. The first-order chi connectivity index (χ1) is 9.04. The van der Waals surface area contributed by atoms with Gasteiger partial charge >= 0.3 is 0 Å². The summed E-state index contributed by atoms with van der Waals surface area (Å²) in [5.74, 6) is 0.588. The Hall–Kier alpha value is -0.150. The number of ether oxygens (including phenoxy) is 1.